The molecule has 0 aliphatic carbocycles. The molecule has 3 aromatic rings. The zero-order valence-corrected chi connectivity index (χ0v) is 15.1. The number of rotatable bonds is 5. The molecule has 0 radical (unpaired) electrons. The highest BCUT2D eigenvalue weighted by atomic mass is 79.9. The van der Waals surface area contributed by atoms with Crippen LogP contribution in [-0.2, 0) is 6.42 Å². The second-order valence-corrected chi connectivity index (χ2v) is 6.54. The zero-order chi connectivity index (χ0) is 18.0. The van der Waals surface area contributed by atoms with E-state index in [4.69, 9.17) is 0 Å². The summed E-state index contributed by atoms with van der Waals surface area (Å²) < 4.78 is 15.8. The molecule has 0 fully saturated rings. The van der Waals surface area contributed by atoms with Crippen LogP contribution in [0.3, 0.4) is 0 Å². The Kier molecular flexibility index (Phi) is 4.99. The van der Waals surface area contributed by atoms with E-state index in [0.29, 0.717) is 23.4 Å². The van der Waals surface area contributed by atoms with E-state index in [-0.39, 0.29) is 11.4 Å². The van der Waals surface area contributed by atoms with Gasteiger partial charge in [0.25, 0.3) is 0 Å². The van der Waals surface area contributed by atoms with Crippen molar-refractivity contribution in [2.45, 2.75) is 19.8 Å². The molecule has 0 spiro atoms. The molecule has 6 heteroatoms. The number of nitrogens with zero attached hydrogens (tertiary/aromatic N) is 2. The Hall–Kier alpha value is -2.47. The smallest absolute Gasteiger partial charge is 0.339 e. The van der Waals surface area contributed by atoms with E-state index in [9.17, 15) is 14.3 Å². The van der Waals surface area contributed by atoms with Crippen LogP contribution in [-0.4, -0.2) is 20.9 Å². The SMILES string of the molecule is CCCc1c(C(=O)O)c(-c2ccc(F)cc2)nn1-c1ccc(Br)cc1. The van der Waals surface area contributed by atoms with E-state index in [1.165, 1.54) is 12.1 Å². The Bertz CT molecular complexity index is 902. The first-order valence-electron chi connectivity index (χ1n) is 7.88. The normalized spacial score (nSPS) is 10.8. The Morgan fingerprint density at radius 3 is 2.36 bits per heavy atom. The molecule has 0 amide bonds. The molecule has 1 heterocycles. The van der Waals surface area contributed by atoms with Crippen LogP contribution in [0.4, 0.5) is 4.39 Å². The second-order valence-electron chi connectivity index (χ2n) is 5.62. The first-order valence-corrected chi connectivity index (χ1v) is 8.67. The quantitative estimate of drug-likeness (QED) is 0.646. The van der Waals surface area contributed by atoms with Crippen LogP contribution in [0.25, 0.3) is 16.9 Å². The zero-order valence-electron chi connectivity index (χ0n) is 13.5. The molecular formula is C19H16BrFN2O2. The second kappa shape index (κ2) is 7.19. The largest absolute Gasteiger partial charge is 0.478 e. The monoisotopic (exact) mass is 402 g/mol. The van der Waals surface area contributed by atoms with Gasteiger partial charge in [-0.15, -0.1) is 0 Å². The van der Waals surface area contributed by atoms with Crippen LogP contribution in [0.15, 0.2) is 53.0 Å². The molecule has 0 saturated heterocycles. The summed E-state index contributed by atoms with van der Waals surface area (Å²) in [4.78, 5) is 11.9. The number of benzene rings is 2. The van der Waals surface area contributed by atoms with Crippen LogP contribution >= 0.6 is 15.9 Å². The molecule has 4 nitrogen and oxygen atoms in total. The molecule has 0 atom stereocenters. The van der Waals surface area contributed by atoms with Gasteiger partial charge < -0.3 is 5.11 Å². The molecular weight excluding hydrogens is 387 g/mol. The highest BCUT2D eigenvalue weighted by molar-refractivity contribution is 9.10. The molecule has 25 heavy (non-hydrogen) atoms. The van der Waals surface area contributed by atoms with Crippen molar-refractivity contribution in [2.24, 2.45) is 0 Å². The number of carboxylic acid groups (broad SMARTS) is 1. The summed E-state index contributed by atoms with van der Waals surface area (Å²) in [6.07, 6.45) is 1.36. The minimum atomic E-state index is -1.04. The maximum Gasteiger partial charge on any atom is 0.339 e. The van der Waals surface area contributed by atoms with Crippen molar-refractivity contribution in [1.82, 2.24) is 9.78 Å². The van der Waals surface area contributed by atoms with Gasteiger partial charge in [-0.25, -0.2) is 13.9 Å². The topological polar surface area (TPSA) is 55.1 Å². The Morgan fingerprint density at radius 1 is 1.16 bits per heavy atom. The predicted octanol–water partition coefficient (Wildman–Crippen LogP) is 5.09. The predicted molar refractivity (Wildman–Crippen MR) is 97.6 cm³/mol. The van der Waals surface area contributed by atoms with Gasteiger partial charge >= 0.3 is 5.97 Å². The minimum Gasteiger partial charge on any atom is -0.478 e. The van der Waals surface area contributed by atoms with Crippen molar-refractivity contribution in [3.63, 3.8) is 0 Å². The average molecular weight is 403 g/mol. The van der Waals surface area contributed by atoms with Gasteiger partial charge in [0, 0.05) is 10.0 Å². The fraction of sp³-hybridized carbons (Fsp3) is 0.158. The van der Waals surface area contributed by atoms with Crippen molar-refractivity contribution in [1.29, 1.82) is 0 Å². The number of halogens is 2. The van der Waals surface area contributed by atoms with E-state index in [1.807, 2.05) is 31.2 Å². The van der Waals surface area contributed by atoms with E-state index < -0.39 is 5.97 Å². The highest BCUT2D eigenvalue weighted by Crippen LogP contribution is 2.29. The summed E-state index contributed by atoms with van der Waals surface area (Å²) >= 11 is 3.39. The molecule has 1 N–H and O–H groups in total. The van der Waals surface area contributed by atoms with Gasteiger partial charge in [-0.05, 0) is 55.0 Å². The third kappa shape index (κ3) is 3.49. The van der Waals surface area contributed by atoms with Gasteiger partial charge in [0.2, 0.25) is 0 Å². The van der Waals surface area contributed by atoms with Gasteiger partial charge in [0.05, 0.1) is 11.4 Å². The summed E-state index contributed by atoms with van der Waals surface area (Å²) in [5, 5.41) is 14.3. The fourth-order valence-electron chi connectivity index (χ4n) is 2.75. The Labute approximate surface area is 153 Å². The summed E-state index contributed by atoms with van der Waals surface area (Å²) in [5.41, 5.74) is 2.50. The van der Waals surface area contributed by atoms with Crippen LogP contribution in [0, 0.1) is 5.82 Å². The lowest BCUT2D eigenvalue weighted by Crippen LogP contribution is -2.06. The van der Waals surface area contributed by atoms with Crippen LogP contribution < -0.4 is 0 Å². The molecule has 1 aromatic heterocycles. The number of hydrogen-bond acceptors (Lipinski definition) is 2. The molecule has 0 unspecified atom stereocenters. The van der Waals surface area contributed by atoms with E-state index in [2.05, 4.69) is 21.0 Å². The first-order chi connectivity index (χ1) is 12.0. The third-order valence-electron chi connectivity index (χ3n) is 3.87. The number of aromatic carboxylic acids is 1. The maximum absolute atomic E-state index is 13.2. The molecule has 0 bridgehead atoms. The summed E-state index contributed by atoms with van der Waals surface area (Å²) in [6, 6.07) is 13.2. The van der Waals surface area contributed by atoms with Crippen molar-refractivity contribution in [2.75, 3.05) is 0 Å². The summed E-state index contributed by atoms with van der Waals surface area (Å²) in [7, 11) is 0. The number of carbonyl (C=O) groups is 1. The van der Waals surface area contributed by atoms with Crippen molar-refractivity contribution in [3.05, 3.63) is 70.1 Å². The van der Waals surface area contributed by atoms with E-state index in [0.717, 1.165) is 16.6 Å². The molecule has 3 rings (SSSR count). The fourth-order valence-corrected chi connectivity index (χ4v) is 3.02. The standard InChI is InChI=1S/C19H16BrFN2O2/c1-2-3-16-17(19(24)25)18(12-4-8-14(21)9-5-12)22-23(16)15-10-6-13(20)7-11-15/h4-11H,2-3H2,1H3,(H,24,25). The molecule has 128 valence electrons. The molecule has 0 aliphatic rings. The maximum atomic E-state index is 13.2. The third-order valence-corrected chi connectivity index (χ3v) is 4.40. The minimum absolute atomic E-state index is 0.163. The average Bonchev–Trinajstić information content (AvgIpc) is 2.96. The van der Waals surface area contributed by atoms with Crippen LogP contribution in [0.1, 0.15) is 29.4 Å². The van der Waals surface area contributed by atoms with Crippen LogP contribution in [0.5, 0.6) is 0 Å². The van der Waals surface area contributed by atoms with Gasteiger partial charge in [0.15, 0.2) is 0 Å². The van der Waals surface area contributed by atoms with Gasteiger partial charge in [-0.2, -0.15) is 5.10 Å². The lowest BCUT2D eigenvalue weighted by atomic mass is 10.0. The van der Waals surface area contributed by atoms with Gasteiger partial charge in [-0.1, -0.05) is 29.3 Å². The van der Waals surface area contributed by atoms with E-state index in [1.54, 1.807) is 16.8 Å². The Balaban J connectivity index is 2.24. The van der Waals surface area contributed by atoms with Crippen LogP contribution in [0.2, 0.25) is 0 Å². The van der Waals surface area contributed by atoms with Crippen molar-refractivity contribution < 1.29 is 14.3 Å². The van der Waals surface area contributed by atoms with Gasteiger partial charge in [-0.3, -0.25) is 0 Å². The molecule has 0 aliphatic heterocycles. The lowest BCUT2D eigenvalue weighted by molar-refractivity contribution is 0.0696. The number of carboxylic acids is 1. The first kappa shape index (κ1) is 17.4. The summed E-state index contributed by atoms with van der Waals surface area (Å²) in [5.74, 6) is -1.41. The van der Waals surface area contributed by atoms with Crippen molar-refractivity contribution in [3.8, 4) is 16.9 Å². The summed E-state index contributed by atoms with van der Waals surface area (Å²) in [6.45, 7) is 1.99. The highest BCUT2D eigenvalue weighted by Gasteiger charge is 2.24. The number of aromatic nitrogens is 2. The molecule has 0 saturated carbocycles. The number of hydrogen-bond donors (Lipinski definition) is 1. The van der Waals surface area contributed by atoms with E-state index >= 15 is 0 Å². The molecule has 2 aromatic carbocycles. The van der Waals surface area contributed by atoms with Gasteiger partial charge in [0.1, 0.15) is 17.1 Å². The lowest BCUT2D eigenvalue weighted by Gasteiger charge is -2.07. The van der Waals surface area contributed by atoms with Crippen molar-refractivity contribution >= 4 is 21.9 Å². The Morgan fingerprint density at radius 2 is 1.80 bits per heavy atom.